The number of benzene rings is 1. The Kier molecular flexibility index (Phi) is 6.60. The first kappa shape index (κ1) is 18.7. The quantitative estimate of drug-likeness (QED) is 0.820. The van der Waals surface area contributed by atoms with Crippen LogP contribution in [0.4, 0.5) is 4.39 Å². The highest BCUT2D eigenvalue weighted by Gasteiger charge is 2.26. The second kappa shape index (κ2) is 8.47. The molecule has 1 aromatic carbocycles. The number of ether oxygens (including phenoxy) is 1. The van der Waals surface area contributed by atoms with Crippen LogP contribution in [0.2, 0.25) is 5.02 Å². The van der Waals surface area contributed by atoms with Gasteiger partial charge in [0.1, 0.15) is 5.82 Å². The Bertz CT molecular complexity index is 588. The third-order valence-corrected chi connectivity index (χ3v) is 4.85. The van der Waals surface area contributed by atoms with Crippen molar-refractivity contribution < 1.29 is 18.7 Å². The number of carbonyl (C=O) groups excluding carboxylic acids is 2. The van der Waals surface area contributed by atoms with Crippen molar-refractivity contribution in [2.24, 2.45) is 5.92 Å². The fourth-order valence-corrected chi connectivity index (χ4v) is 3.20. The minimum absolute atomic E-state index is 0.0812. The lowest BCUT2D eigenvalue weighted by Gasteiger charge is -2.30. The van der Waals surface area contributed by atoms with Gasteiger partial charge in [-0.2, -0.15) is 0 Å². The first-order valence-corrected chi connectivity index (χ1v) is 8.69. The number of hydrogen-bond acceptors (Lipinski definition) is 3. The molecule has 4 nitrogen and oxygen atoms in total. The van der Waals surface area contributed by atoms with Gasteiger partial charge in [0.15, 0.2) is 6.10 Å². The van der Waals surface area contributed by atoms with E-state index >= 15 is 0 Å². The highest BCUT2D eigenvalue weighted by molar-refractivity contribution is 6.31. The molecular weight excluding hydrogens is 333 g/mol. The average Bonchev–Trinajstić information content (AvgIpc) is 2.53. The third-order valence-electron chi connectivity index (χ3n) is 4.50. The zero-order valence-electron chi connectivity index (χ0n) is 14.0. The smallest absolute Gasteiger partial charge is 0.311 e. The summed E-state index contributed by atoms with van der Waals surface area (Å²) in [6, 6.07) is 4.32. The molecule has 0 heterocycles. The van der Waals surface area contributed by atoms with Crippen LogP contribution in [0.15, 0.2) is 18.2 Å². The summed E-state index contributed by atoms with van der Waals surface area (Å²) >= 11 is 5.89. The maximum atomic E-state index is 13.7. The van der Waals surface area contributed by atoms with Gasteiger partial charge in [-0.15, -0.1) is 0 Å². The summed E-state index contributed by atoms with van der Waals surface area (Å²) in [6.45, 7) is 3.63. The second-order valence-corrected chi connectivity index (χ2v) is 6.79. The molecule has 0 aromatic heterocycles. The lowest BCUT2D eigenvalue weighted by atomic mass is 9.86. The fraction of sp³-hybridized carbons (Fsp3) is 0.556. The zero-order chi connectivity index (χ0) is 17.7. The van der Waals surface area contributed by atoms with Crippen LogP contribution in [-0.2, 0) is 20.7 Å². The van der Waals surface area contributed by atoms with E-state index in [4.69, 9.17) is 16.3 Å². The molecule has 1 N–H and O–H groups in total. The molecule has 0 saturated heterocycles. The molecule has 1 fully saturated rings. The first-order chi connectivity index (χ1) is 11.4. The van der Waals surface area contributed by atoms with Crippen molar-refractivity contribution in [3.8, 4) is 0 Å². The van der Waals surface area contributed by atoms with E-state index in [-0.39, 0.29) is 29.0 Å². The van der Waals surface area contributed by atoms with Gasteiger partial charge in [-0.05, 0) is 37.8 Å². The molecule has 1 amide bonds. The normalized spacial score (nSPS) is 21.8. The number of esters is 1. The van der Waals surface area contributed by atoms with Crippen LogP contribution in [0.3, 0.4) is 0 Å². The Hall–Kier alpha value is -1.62. The van der Waals surface area contributed by atoms with Crippen molar-refractivity contribution in [2.45, 2.75) is 58.1 Å². The average molecular weight is 356 g/mol. The van der Waals surface area contributed by atoms with Crippen molar-refractivity contribution in [3.63, 3.8) is 0 Å². The molecule has 1 aliphatic rings. The standard InChI is InChI=1S/C18H23ClFNO3/c1-11-6-3-4-9-16(11)21-18(23)12(2)24-17(22)10-13-14(19)7-5-8-15(13)20/h5,7-8,11-12,16H,3-4,6,9-10H2,1-2H3,(H,21,23)/t11-,12+,16-/m1/s1. The molecular formula is C18H23ClFNO3. The lowest BCUT2D eigenvalue weighted by Crippen LogP contribution is -2.46. The van der Waals surface area contributed by atoms with E-state index in [0.29, 0.717) is 5.92 Å². The summed E-state index contributed by atoms with van der Waals surface area (Å²) < 4.78 is 18.8. The number of hydrogen-bond donors (Lipinski definition) is 1. The predicted octanol–water partition coefficient (Wildman–Crippen LogP) is 3.65. The Balaban J connectivity index is 1.87. The molecule has 0 aliphatic heterocycles. The molecule has 1 saturated carbocycles. The largest absolute Gasteiger partial charge is 0.452 e. The van der Waals surface area contributed by atoms with Crippen LogP contribution < -0.4 is 5.32 Å². The van der Waals surface area contributed by atoms with E-state index in [0.717, 1.165) is 19.3 Å². The van der Waals surface area contributed by atoms with E-state index in [1.54, 1.807) is 0 Å². The molecule has 6 heteroatoms. The molecule has 3 atom stereocenters. The summed E-state index contributed by atoms with van der Waals surface area (Å²) in [4.78, 5) is 24.2. The monoisotopic (exact) mass is 355 g/mol. The highest BCUT2D eigenvalue weighted by atomic mass is 35.5. The van der Waals surface area contributed by atoms with Crippen molar-refractivity contribution in [3.05, 3.63) is 34.6 Å². The van der Waals surface area contributed by atoms with Crippen LogP contribution in [-0.4, -0.2) is 24.0 Å². The molecule has 24 heavy (non-hydrogen) atoms. The predicted molar refractivity (Wildman–Crippen MR) is 90.2 cm³/mol. The number of rotatable bonds is 5. The van der Waals surface area contributed by atoms with Crippen molar-refractivity contribution in [1.82, 2.24) is 5.32 Å². The SMILES string of the molecule is C[C@H](OC(=O)Cc1c(F)cccc1Cl)C(=O)N[C@@H]1CCCC[C@H]1C. The summed E-state index contributed by atoms with van der Waals surface area (Å²) in [6.07, 6.45) is 3.08. The highest BCUT2D eigenvalue weighted by Crippen LogP contribution is 2.24. The minimum Gasteiger partial charge on any atom is -0.452 e. The van der Waals surface area contributed by atoms with Gasteiger partial charge in [0, 0.05) is 16.6 Å². The van der Waals surface area contributed by atoms with Crippen LogP contribution in [0.5, 0.6) is 0 Å². The molecule has 1 aromatic rings. The minimum atomic E-state index is -0.919. The van der Waals surface area contributed by atoms with Gasteiger partial charge >= 0.3 is 5.97 Å². The second-order valence-electron chi connectivity index (χ2n) is 6.39. The van der Waals surface area contributed by atoms with Gasteiger partial charge in [0.05, 0.1) is 6.42 Å². The van der Waals surface area contributed by atoms with Crippen LogP contribution in [0.25, 0.3) is 0 Å². The van der Waals surface area contributed by atoms with Gasteiger partial charge in [-0.3, -0.25) is 9.59 Å². The zero-order valence-corrected chi connectivity index (χ0v) is 14.7. The molecule has 0 unspecified atom stereocenters. The Labute approximate surface area is 146 Å². The molecule has 132 valence electrons. The Morgan fingerprint density at radius 3 is 2.75 bits per heavy atom. The van der Waals surface area contributed by atoms with Crippen molar-refractivity contribution in [1.29, 1.82) is 0 Å². The lowest BCUT2D eigenvalue weighted by molar-refractivity contribution is -0.154. The number of amides is 1. The van der Waals surface area contributed by atoms with E-state index in [9.17, 15) is 14.0 Å². The maximum Gasteiger partial charge on any atom is 0.311 e. The van der Waals surface area contributed by atoms with Gasteiger partial charge < -0.3 is 10.1 Å². The number of carbonyl (C=O) groups is 2. The summed E-state index contributed by atoms with van der Waals surface area (Å²) in [5, 5.41) is 3.11. The van der Waals surface area contributed by atoms with Gasteiger partial charge in [-0.25, -0.2) is 4.39 Å². The summed E-state index contributed by atoms with van der Waals surface area (Å²) in [5.74, 6) is -1.14. The van der Waals surface area contributed by atoms with Gasteiger partial charge in [0.2, 0.25) is 0 Å². The Morgan fingerprint density at radius 2 is 2.08 bits per heavy atom. The van der Waals surface area contributed by atoms with Gasteiger partial charge in [-0.1, -0.05) is 37.4 Å². The maximum absolute atomic E-state index is 13.7. The summed E-state index contributed by atoms with van der Waals surface area (Å²) in [5.41, 5.74) is 0.0812. The van der Waals surface area contributed by atoms with Gasteiger partial charge in [0.25, 0.3) is 5.91 Å². The topological polar surface area (TPSA) is 55.4 Å². The van der Waals surface area contributed by atoms with E-state index < -0.39 is 17.9 Å². The molecule has 0 radical (unpaired) electrons. The number of halogens is 2. The van der Waals surface area contributed by atoms with E-state index in [1.165, 1.54) is 31.5 Å². The molecule has 0 spiro atoms. The van der Waals surface area contributed by atoms with Crippen LogP contribution in [0.1, 0.15) is 45.1 Å². The van der Waals surface area contributed by atoms with Crippen LogP contribution in [0, 0.1) is 11.7 Å². The molecule has 1 aliphatic carbocycles. The van der Waals surface area contributed by atoms with E-state index in [2.05, 4.69) is 12.2 Å². The van der Waals surface area contributed by atoms with Crippen LogP contribution >= 0.6 is 11.6 Å². The summed E-state index contributed by atoms with van der Waals surface area (Å²) in [7, 11) is 0. The van der Waals surface area contributed by atoms with E-state index in [1.807, 2.05) is 0 Å². The third kappa shape index (κ3) is 4.94. The van der Waals surface area contributed by atoms with Crippen molar-refractivity contribution in [2.75, 3.05) is 0 Å². The molecule has 2 rings (SSSR count). The molecule has 0 bridgehead atoms. The van der Waals surface area contributed by atoms with Crippen molar-refractivity contribution >= 4 is 23.5 Å². The first-order valence-electron chi connectivity index (χ1n) is 8.31. The number of nitrogens with one attached hydrogen (secondary N) is 1. The Morgan fingerprint density at radius 1 is 1.38 bits per heavy atom. The fourth-order valence-electron chi connectivity index (χ4n) is 2.97.